The number of hydrogen-bond donors (Lipinski definition) is 1. The van der Waals surface area contributed by atoms with Crippen LogP contribution in [0.1, 0.15) is 80.3 Å². The lowest BCUT2D eigenvalue weighted by atomic mass is 9.52. The van der Waals surface area contributed by atoms with Crippen molar-refractivity contribution in [3.63, 3.8) is 0 Å². The standard InChI is InChI=1S/C50H48O3S2/c1-47(2)29-48(3,4)31-49(30-47)42-15-11-10-14-38(42)44-40-26-32(28-54)43(55-37-12-8-7-9-13-37)27-41(40)46-39(45(44)49)24-25-50(53-46,33-16-20-35(51-5)21-17-33)34-18-22-36(52-6)23-19-34/h7-27,54H,28-31H2,1-6H3. The second-order valence-corrected chi connectivity index (χ2v) is 18.6. The summed E-state index contributed by atoms with van der Waals surface area (Å²) >= 11 is 6.75. The van der Waals surface area contributed by atoms with Crippen molar-refractivity contribution in [1.29, 1.82) is 0 Å². The fourth-order valence-electron chi connectivity index (χ4n) is 10.7. The third-order valence-electron chi connectivity index (χ3n) is 12.1. The molecule has 0 radical (unpaired) electrons. The summed E-state index contributed by atoms with van der Waals surface area (Å²) in [7, 11) is 3.42. The van der Waals surface area contributed by atoms with Gasteiger partial charge in [-0.05, 0) is 118 Å². The topological polar surface area (TPSA) is 27.7 Å². The average molecular weight is 761 g/mol. The van der Waals surface area contributed by atoms with E-state index in [-0.39, 0.29) is 16.2 Å². The zero-order valence-electron chi connectivity index (χ0n) is 32.5. The van der Waals surface area contributed by atoms with Crippen molar-refractivity contribution in [3.8, 4) is 28.4 Å². The van der Waals surface area contributed by atoms with Gasteiger partial charge in [0.05, 0.1) is 14.2 Å². The molecule has 0 aromatic heterocycles. The zero-order valence-corrected chi connectivity index (χ0v) is 34.2. The van der Waals surface area contributed by atoms with Crippen molar-refractivity contribution < 1.29 is 14.2 Å². The first-order valence-corrected chi connectivity index (χ1v) is 20.7. The Labute approximate surface area is 335 Å². The van der Waals surface area contributed by atoms with Crippen LogP contribution in [0.4, 0.5) is 0 Å². The van der Waals surface area contributed by atoms with Crippen LogP contribution < -0.4 is 14.2 Å². The average Bonchev–Trinajstić information content (AvgIpc) is 3.45. The van der Waals surface area contributed by atoms with Gasteiger partial charge >= 0.3 is 0 Å². The Morgan fingerprint density at radius 1 is 0.691 bits per heavy atom. The fourth-order valence-corrected chi connectivity index (χ4v) is 12.1. The van der Waals surface area contributed by atoms with Crippen LogP contribution in [-0.2, 0) is 16.8 Å². The van der Waals surface area contributed by atoms with E-state index in [0.717, 1.165) is 46.6 Å². The minimum atomic E-state index is -0.911. The molecule has 0 atom stereocenters. The van der Waals surface area contributed by atoms with Gasteiger partial charge in [-0.3, -0.25) is 0 Å². The third kappa shape index (κ3) is 5.88. The Kier molecular flexibility index (Phi) is 8.71. The molecule has 1 fully saturated rings. The highest BCUT2D eigenvalue weighted by atomic mass is 32.2. The lowest BCUT2D eigenvalue weighted by molar-refractivity contribution is 0.0642. The second-order valence-electron chi connectivity index (χ2n) is 17.2. The Morgan fingerprint density at radius 3 is 1.89 bits per heavy atom. The summed E-state index contributed by atoms with van der Waals surface area (Å²) in [5.74, 6) is 3.17. The minimum absolute atomic E-state index is 0.139. The van der Waals surface area contributed by atoms with Crippen LogP contribution >= 0.6 is 24.4 Å². The van der Waals surface area contributed by atoms with Crippen molar-refractivity contribution >= 4 is 41.2 Å². The molecule has 278 valence electrons. The molecule has 0 N–H and O–H groups in total. The predicted octanol–water partition coefficient (Wildman–Crippen LogP) is 13.3. The quantitative estimate of drug-likeness (QED) is 0.164. The van der Waals surface area contributed by atoms with Gasteiger partial charge in [-0.1, -0.05) is 112 Å². The summed E-state index contributed by atoms with van der Waals surface area (Å²) in [6.45, 7) is 9.89. The van der Waals surface area contributed by atoms with Crippen molar-refractivity contribution in [2.75, 3.05) is 14.2 Å². The van der Waals surface area contributed by atoms with E-state index in [4.69, 9.17) is 26.8 Å². The molecule has 9 rings (SSSR count). The zero-order chi connectivity index (χ0) is 38.2. The van der Waals surface area contributed by atoms with Gasteiger partial charge in [-0.2, -0.15) is 12.6 Å². The van der Waals surface area contributed by atoms with E-state index in [0.29, 0.717) is 5.75 Å². The van der Waals surface area contributed by atoms with Crippen molar-refractivity contribution in [2.24, 2.45) is 10.8 Å². The molecule has 0 amide bonds. The summed E-state index contributed by atoms with van der Waals surface area (Å²) in [5.41, 5.74) is 9.22. The van der Waals surface area contributed by atoms with E-state index >= 15 is 0 Å². The first-order chi connectivity index (χ1) is 26.5. The number of ether oxygens (including phenoxy) is 3. The number of hydrogen-bond acceptors (Lipinski definition) is 5. The minimum Gasteiger partial charge on any atom is -0.497 e. The molecule has 1 aliphatic heterocycles. The highest BCUT2D eigenvalue weighted by Crippen LogP contribution is 2.67. The van der Waals surface area contributed by atoms with Gasteiger partial charge in [-0.25, -0.2) is 0 Å². The van der Waals surface area contributed by atoms with Crippen LogP contribution in [0.2, 0.25) is 0 Å². The van der Waals surface area contributed by atoms with Crippen LogP contribution in [0.15, 0.2) is 131 Å². The molecule has 1 heterocycles. The number of thiol groups is 1. The summed E-state index contributed by atoms with van der Waals surface area (Å²) < 4.78 is 19.0. The lowest BCUT2D eigenvalue weighted by Gasteiger charge is -2.52. The van der Waals surface area contributed by atoms with Gasteiger partial charge in [0.15, 0.2) is 5.60 Å². The molecular weight excluding hydrogens is 713 g/mol. The summed E-state index contributed by atoms with van der Waals surface area (Å²) in [5, 5.41) is 2.35. The number of rotatable bonds is 7. The highest BCUT2D eigenvalue weighted by molar-refractivity contribution is 7.99. The Hall–Kier alpha value is -4.58. The van der Waals surface area contributed by atoms with Crippen molar-refractivity contribution in [2.45, 2.75) is 73.5 Å². The second kappa shape index (κ2) is 13.3. The summed E-state index contributed by atoms with van der Waals surface area (Å²) in [4.78, 5) is 2.39. The maximum Gasteiger partial charge on any atom is 0.178 e. The molecule has 3 nitrogen and oxygen atoms in total. The Bertz CT molecular complexity index is 2400. The molecular formula is C50H48O3S2. The molecule has 0 bridgehead atoms. The summed E-state index contributed by atoms with van der Waals surface area (Å²) in [6, 6.07) is 41.3. The van der Waals surface area contributed by atoms with Gasteiger partial charge in [0, 0.05) is 43.0 Å². The highest BCUT2D eigenvalue weighted by Gasteiger charge is 2.55. The van der Waals surface area contributed by atoms with Gasteiger partial charge < -0.3 is 14.2 Å². The van der Waals surface area contributed by atoms with Gasteiger partial charge in [0.25, 0.3) is 0 Å². The first-order valence-electron chi connectivity index (χ1n) is 19.3. The van der Waals surface area contributed by atoms with Crippen LogP contribution in [0.5, 0.6) is 17.2 Å². The van der Waals surface area contributed by atoms with E-state index in [1.807, 2.05) is 24.3 Å². The molecule has 55 heavy (non-hydrogen) atoms. The molecule has 1 saturated carbocycles. The molecule has 6 aromatic rings. The van der Waals surface area contributed by atoms with Crippen LogP contribution in [0.25, 0.3) is 28.0 Å². The smallest absolute Gasteiger partial charge is 0.178 e. The third-order valence-corrected chi connectivity index (χ3v) is 13.6. The van der Waals surface area contributed by atoms with Crippen LogP contribution in [-0.4, -0.2) is 14.2 Å². The molecule has 0 saturated heterocycles. The maximum atomic E-state index is 7.80. The van der Waals surface area contributed by atoms with E-state index in [2.05, 4.69) is 131 Å². The SMILES string of the molecule is COc1ccc(C2(c3ccc(OC)cc3)C=Cc3c4c(c5cc(CS)c(Sc6ccccc6)cc5c3O2)-c2ccccc2C42CC(C)(C)CC(C)(C)C2)cc1. The summed E-state index contributed by atoms with van der Waals surface area (Å²) in [6.07, 6.45) is 8.02. The number of fused-ring (bicyclic) bond motifs is 10. The fraction of sp³-hybridized carbons (Fsp3) is 0.280. The van der Waals surface area contributed by atoms with Gasteiger partial charge in [0.1, 0.15) is 17.2 Å². The lowest BCUT2D eigenvalue weighted by Crippen LogP contribution is -2.44. The molecule has 6 aromatic carbocycles. The van der Waals surface area contributed by atoms with E-state index in [1.165, 1.54) is 55.0 Å². The van der Waals surface area contributed by atoms with Gasteiger partial charge in [0.2, 0.25) is 0 Å². The largest absolute Gasteiger partial charge is 0.497 e. The van der Waals surface area contributed by atoms with Gasteiger partial charge in [-0.15, -0.1) is 0 Å². The molecule has 2 aliphatic carbocycles. The number of methoxy groups -OCH3 is 2. The maximum absolute atomic E-state index is 7.80. The van der Waals surface area contributed by atoms with Crippen molar-refractivity contribution in [1.82, 2.24) is 0 Å². The monoisotopic (exact) mass is 760 g/mol. The van der Waals surface area contributed by atoms with E-state index in [1.54, 1.807) is 26.0 Å². The molecule has 0 unspecified atom stereocenters. The Balaban J connectivity index is 1.39. The number of benzene rings is 6. The normalized spacial score (nSPS) is 17.9. The molecule has 3 aliphatic rings. The van der Waals surface area contributed by atoms with Crippen LogP contribution in [0.3, 0.4) is 0 Å². The molecule has 1 spiro atoms. The first kappa shape index (κ1) is 36.1. The van der Waals surface area contributed by atoms with E-state index < -0.39 is 5.60 Å². The van der Waals surface area contributed by atoms with Crippen molar-refractivity contribution in [3.05, 3.63) is 155 Å². The van der Waals surface area contributed by atoms with E-state index in [9.17, 15) is 0 Å². The Morgan fingerprint density at radius 2 is 1.29 bits per heavy atom. The molecule has 5 heteroatoms. The predicted molar refractivity (Wildman–Crippen MR) is 231 cm³/mol. The van der Waals surface area contributed by atoms with Crippen LogP contribution in [0, 0.1) is 10.8 Å².